The smallest absolute Gasteiger partial charge is 0.330 e. The van der Waals surface area contributed by atoms with Crippen LogP contribution in [-0.4, -0.2) is 58.8 Å². The number of H-pyrrole nitrogens is 1. The van der Waals surface area contributed by atoms with Crippen molar-refractivity contribution in [1.82, 2.24) is 14.2 Å². The molecule has 11 nitrogen and oxygen atoms in total. The third kappa shape index (κ3) is 8.72. The van der Waals surface area contributed by atoms with Gasteiger partial charge in [-0.25, -0.2) is 9.46 Å². The van der Waals surface area contributed by atoms with E-state index in [9.17, 15) is 14.9 Å². The number of nitrogens with one attached hydrogen (secondary N) is 1. The van der Waals surface area contributed by atoms with Crippen LogP contribution in [-0.2, 0) is 24.1 Å². The Kier molecular flexibility index (Phi) is 13.2. The number of hydrogen-bond donors (Lipinski definition) is 1. The van der Waals surface area contributed by atoms with E-state index < -0.39 is 43.8 Å². The summed E-state index contributed by atoms with van der Waals surface area (Å²) in [5, 5.41) is 9.29. The van der Waals surface area contributed by atoms with Gasteiger partial charge in [-0.3, -0.25) is 14.3 Å². The number of aromatic nitrogens is 2. The van der Waals surface area contributed by atoms with Gasteiger partial charge in [0, 0.05) is 30.3 Å². The molecule has 1 fully saturated rings. The van der Waals surface area contributed by atoms with Crippen LogP contribution in [0.4, 0.5) is 0 Å². The highest BCUT2D eigenvalue weighted by Crippen LogP contribution is 2.50. The molecule has 0 radical (unpaired) electrons. The number of benzene rings is 3. The number of rotatable bonds is 16. The molecule has 0 bridgehead atoms. The van der Waals surface area contributed by atoms with Crippen LogP contribution in [0.3, 0.4) is 0 Å². The predicted octanol–water partition coefficient (Wildman–Crippen LogP) is 7.12. The first-order chi connectivity index (χ1) is 25.0. The number of methoxy groups -OCH3 is 1. The standard InChI is InChI=1S/C40H49N4O7P/c1-27(2)44(28(3)4)52(49-23-11-22-41)51-35-24-37(43-25-30(6)38(45)42-39(43)46)50-36(35)26-48-40(31-12-9-8-10-13-31,32-16-14-29(5)15-17-32)33-18-20-34(47-7)21-19-33/h8-10,12-21,25,27-28,35-37H,11,23-24,26H2,1-7H3,(H,42,45,46). The zero-order valence-corrected chi connectivity index (χ0v) is 31.8. The van der Waals surface area contributed by atoms with Gasteiger partial charge in [0.15, 0.2) is 0 Å². The Balaban J connectivity index is 1.60. The molecule has 1 N–H and O–H groups in total. The molecule has 4 aromatic rings. The first-order valence-electron chi connectivity index (χ1n) is 17.6. The summed E-state index contributed by atoms with van der Waals surface area (Å²) >= 11 is 0. The van der Waals surface area contributed by atoms with Gasteiger partial charge in [0.25, 0.3) is 14.1 Å². The molecule has 1 aromatic heterocycles. The van der Waals surface area contributed by atoms with Crippen molar-refractivity contribution in [3.63, 3.8) is 0 Å². The van der Waals surface area contributed by atoms with E-state index in [4.69, 9.17) is 23.3 Å². The van der Waals surface area contributed by atoms with Crippen LogP contribution in [0.1, 0.15) is 74.6 Å². The first-order valence-corrected chi connectivity index (χ1v) is 18.7. The maximum Gasteiger partial charge on any atom is 0.330 e. The minimum atomic E-state index is -1.65. The van der Waals surface area contributed by atoms with E-state index in [0.29, 0.717) is 5.56 Å². The van der Waals surface area contributed by atoms with Gasteiger partial charge < -0.3 is 23.3 Å². The number of ether oxygens (including phenoxy) is 3. The molecule has 2 heterocycles. The quantitative estimate of drug-likeness (QED) is 0.0729. The second-order valence-electron chi connectivity index (χ2n) is 13.5. The van der Waals surface area contributed by atoms with Gasteiger partial charge in [0.05, 0.1) is 38.9 Å². The van der Waals surface area contributed by atoms with E-state index in [-0.39, 0.29) is 38.1 Å². The Labute approximate surface area is 307 Å². The first kappa shape index (κ1) is 39.1. The van der Waals surface area contributed by atoms with Gasteiger partial charge in [-0.2, -0.15) is 5.26 Å². The fourth-order valence-electron chi connectivity index (χ4n) is 6.59. The van der Waals surface area contributed by atoms with Crippen LogP contribution in [0, 0.1) is 25.2 Å². The van der Waals surface area contributed by atoms with Crippen LogP contribution in [0.25, 0.3) is 0 Å². The Hall–Kier alpha value is -4.14. The summed E-state index contributed by atoms with van der Waals surface area (Å²) in [5.74, 6) is 0.719. The number of nitrogens with zero attached hydrogens (tertiary/aromatic N) is 3. The highest BCUT2D eigenvalue weighted by Gasteiger charge is 2.45. The van der Waals surface area contributed by atoms with E-state index in [1.54, 1.807) is 14.0 Å². The van der Waals surface area contributed by atoms with E-state index in [1.165, 1.54) is 10.8 Å². The molecule has 0 amide bonds. The molecule has 276 valence electrons. The fraction of sp³-hybridized carbons (Fsp3) is 0.425. The minimum absolute atomic E-state index is 0.0672. The van der Waals surface area contributed by atoms with Crippen LogP contribution in [0.15, 0.2) is 94.6 Å². The van der Waals surface area contributed by atoms with E-state index in [0.717, 1.165) is 28.0 Å². The lowest BCUT2D eigenvalue weighted by Gasteiger charge is -2.39. The average Bonchev–Trinajstić information content (AvgIpc) is 3.53. The van der Waals surface area contributed by atoms with Gasteiger partial charge in [0.1, 0.15) is 23.7 Å². The normalized spacial score (nSPS) is 19.1. The predicted molar refractivity (Wildman–Crippen MR) is 201 cm³/mol. The largest absolute Gasteiger partial charge is 0.497 e. The van der Waals surface area contributed by atoms with E-state index >= 15 is 0 Å². The topological polar surface area (TPSA) is 128 Å². The molecule has 12 heteroatoms. The van der Waals surface area contributed by atoms with Crippen molar-refractivity contribution in [3.05, 3.63) is 134 Å². The summed E-state index contributed by atoms with van der Waals surface area (Å²) in [4.78, 5) is 27.8. The maximum atomic E-state index is 13.1. The minimum Gasteiger partial charge on any atom is -0.497 e. The van der Waals surface area contributed by atoms with Gasteiger partial charge in [0.2, 0.25) is 0 Å². The highest BCUT2D eigenvalue weighted by molar-refractivity contribution is 7.44. The summed E-state index contributed by atoms with van der Waals surface area (Å²) in [7, 11) is -0.0147. The van der Waals surface area contributed by atoms with Crippen LogP contribution < -0.4 is 16.0 Å². The van der Waals surface area contributed by atoms with Crippen LogP contribution in [0.5, 0.6) is 5.75 Å². The summed E-state index contributed by atoms with van der Waals surface area (Å²) in [6.45, 7) is 12.3. The molecule has 0 aliphatic carbocycles. The lowest BCUT2D eigenvalue weighted by atomic mass is 9.79. The SMILES string of the molecule is COc1ccc(C(OCC2OC(n3cc(C)c(=O)[nH]c3=O)CC2OP(OCCC#N)N(C(C)C)C(C)C)(c2ccccc2)c2ccc(C)cc2)cc1. The van der Waals surface area contributed by atoms with Gasteiger partial charge in [-0.1, -0.05) is 72.3 Å². The van der Waals surface area contributed by atoms with Crippen molar-refractivity contribution in [2.45, 2.75) is 90.5 Å². The summed E-state index contributed by atoms with van der Waals surface area (Å²) in [6, 6.07) is 28.5. The Morgan fingerprint density at radius 3 is 2.17 bits per heavy atom. The lowest BCUT2D eigenvalue weighted by molar-refractivity contribution is -0.0926. The van der Waals surface area contributed by atoms with Gasteiger partial charge in [-0.15, -0.1) is 0 Å². The number of hydrogen-bond acceptors (Lipinski definition) is 9. The summed E-state index contributed by atoms with van der Waals surface area (Å²) in [6.07, 6.45) is 0.0178. The van der Waals surface area contributed by atoms with E-state index in [1.807, 2.05) is 61.5 Å². The fourth-order valence-corrected chi connectivity index (χ4v) is 8.34. The van der Waals surface area contributed by atoms with Crippen molar-refractivity contribution in [2.24, 2.45) is 0 Å². The number of aryl methyl sites for hydroxylation is 2. The lowest BCUT2D eigenvalue weighted by Crippen LogP contribution is -2.39. The van der Waals surface area contributed by atoms with Crippen molar-refractivity contribution in [1.29, 1.82) is 5.26 Å². The van der Waals surface area contributed by atoms with Gasteiger partial charge in [-0.05, 0) is 70.4 Å². The van der Waals surface area contributed by atoms with Gasteiger partial charge >= 0.3 is 5.69 Å². The third-order valence-electron chi connectivity index (χ3n) is 9.12. The summed E-state index contributed by atoms with van der Waals surface area (Å²) in [5.41, 5.74) is 2.12. The monoisotopic (exact) mass is 728 g/mol. The molecule has 0 spiro atoms. The van der Waals surface area contributed by atoms with E-state index in [2.05, 4.69) is 67.7 Å². The molecule has 1 aliphatic heterocycles. The average molecular weight is 729 g/mol. The number of aromatic amines is 1. The van der Waals surface area contributed by atoms with Crippen LogP contribution in [0.2, 0.25) is 0 Å². The molecule has 1 aliphatic rings. The van der Waals surface area contributed by atoms with Crippen molar-refractivity contribution >= 4 is 8.53 Å². The summed E-state index contributed by atoms with van der Waals surface area (Å²) < 4.78 is 36.1. The molecule has 3 aromatic carbocycles. The molecule has 52 heavy (non-hydrogen) atoms. The molecule has 0 saturated carbocycles. The molecular formula is C40H49N4O7P. The Morgan fingerprint density at radius 2 is 1.58 bits per heavy atom. The molecule has 1 saturated heterocycles. The highest BCUT2D eigenvalue weighted by atomic mass is 31.2. The Morgan fingerprint density at radius 1 is 0.962 bits per heavy atom. The van der Waals surface area contributed by atoms with Crippen molar-refractivity contribution < 1.29 is 23.3 Å². The van der Waals surface area contributed by atoms with Crippen LogP contribution >= 0.6 is 8.53 Å². The second kappa shape index (κ2) is 17.6. The zero-order valence-electron chi connectivity index (χ0n) is 30.9. The maximum absolute atomic E-state index is 13.1. The second-order valence-corrected chi connectivity index (χ2v) is 14.9. The molecule has 5 unspecified atom stereocenters. The Bertz CT molecular complexity index is 1900. The number of nitriles is 1. The van der Waals surface area contributed by atoms with Crippen molar-refractivity contribution in [2.75, 3.05) is 20.3 Å². The molecular weight excluding hydrogens is 679 g/mol. The molecule has 5 rings (SSSR count). The third-order valence-corrected chi connectivity index (χ3v) is 11.3. The van der Waals surface area contributed by atoms with Crippen molar-refractivity contribution in [3.8, 4) is 11.8 Å². The molecule has 5 atom stereocenters. The zero-order chi connectivity index (χ0) is 37.4.